The molecule has 0 aliphatic heterocycles. The molecule has 1 aromatic rings. The molecule has 0 aliphatic carbocycles. The summed E-state index contributed by atoms with van der Waals surface area (Å²) in [6.07, 6.45) is 1.07. The topological polar surface area (TPSA) is 45.7 Å². The number of hydrogen-bond acceptors (Lipinski definition) is 2. The zero-order valence-electron chi connectivity index (χ0n) is 13.4. The van der Waals surface area contributed by atoms with Gasteiger partial charge in [0.25, 0.3) is 0 Å². The van der Waals surface area contributed by atoms with Gasteiger partial charge in [-0.25, -0.2) is 0 Å². The highest BCUT2D eigenvalue weighted by Crippen LogP contribution is 2.17. The molecule has 2 N–H and O–H groups in total. The minimum absolute atomic E-state index is 0. The van der Waals surface area contributed by atoms with E-state index in [1.165, 1.54) is 5.56 Å². The maximum absolute atomic E-state index is 5.10. The summed E-state index contributed by atoms with van der Waals surface area (Å²) in [4.78, 5) is 4.22. The van der Waals surface area contributed by atoms with Crippen molar-refractivity contribution in [1.29, 1.82) is 0 Å². The second kappa shape index (κ2) is 11.8. The van der Waals surface area contributed by atoms with Gasteiger partial charge in [0.05, 0.1) is 6.61 Å². The maximum atomic E-state index is 5.10. The monoisotopic (exact) mass is 405 g/mol. The molecule has 0 spiro atoms. The summed E-state index contributed by atoms with van der Waals surface area (Å²) < 4.78 is 5.10. The lowest BCUT2D eigenvalue weighted by atomic mass is 9.98. The number of hydrogen-bond donors (Lipinski definition) is 2. The highest BCUT2D eigenvalue weighted by molar-refractivity contribution is 14.0. The molecule has 5 heteroatoms. The quantitative estimate of drug-likeness (QED) is 0.417. The molecule has 0 heterocycles. The van der Waals surface area contributed by atoms with Crippen LogP contribution in [0.3, 0.4) is 0 Å². The average molecular weight is 405 g/mol. The number of nitrogens with one attached hydrogen (secondary N) is 2. The predicted molar refractivity (Wildman–Crippen MR) is 101 cm³/mol. The first-order chi connectivity index (χ1) is 9.67. The SMILES string of the molecule is CN=C(NCCC(C)c1ccccc1)NC(C)COC.I. The van der Waals surface area contributed by atoms with Crippen molar-refractivity contribution in [3.8, 4) is 0 Å². The molecule has 0 saturated carbocycles. The molecule has 0 amide bonds. The second-order valence-electron chi connectivity index (χ2n) is 5.10. The first-order valence-corrected chi connectivity index (χ1v) is 7.18. The van der Waals surface area contributed by atoms with E-state index in [1.54, 1.807) is 14.2 Å². The van der Waals surface area contributed by atoms with Gasteiger partial charge in [-0.1, -0.05) is 37.3 Å². The molecule has 1 aromatic carbocycles. The minimum Gasteiger partial charge on any atom is -0.383 e. The van der Waals surface area contributed by atoms with Gasteiger partial charge < -0.3 is 15.4 Å². The highest BCUT2D eigenvalue weighted by atomic mass is 127. The fourth-order valence-electron chi connectivity index (χ4n) is 2.08. The van der Waals surface area contributed by atoms with Gasteiger partial charge in [-0.05, 0) is 24.8 Å². The molecular weight excluding hydrogens is 377 g/mol. The molecule has 0 aliphatic rings. The molecule has 4 nitrogen and oxygen atoms in total. The van der Waals surface area contributed by atoms with E-state index >= 15 is 0 Å². The van der Waals surface area contributed by atoms with Crippen LogP contribution < -0.4 is 10.6 Å². The van der Waals surface area contributed by atoms with Gasteiger partial charge in [0.1, 0.15) is 0 Å². The van der Waals surface area contributed by atoms with Crippen molar-refractivity contribution < 1.29 is 4.74 Å². The largest absolute Gasteiger partial charge is 0.383 e. The summed E-state index contributed by atoms with van der Waals surface area (Å²) in [5.74, 6) is 1.37. The van der Waals surface area contributed by atoms with Crippen molar-refractivity contribution in [3.05, 3.63) is 35.9 Å². The van der Waals surface area contributed by atoms with E-state index < -0.39 is 0 Å². The van der Waals surface area contributed by atoms with Gasteiger partial charge in [0, 0.05) is 26.7 Å². The number of ether oxygens (including phenoxy) is 1. The lowest BCUT2D eigenvalue weighted by molar-refractivity contribution is 0.179. The van der Waals surface area contributed by atoms with E-state index in [-0.39, 0.29) is 30.0 Å². The third kappa shape index (κ3) is 8.26. The number of nitrogens with zero attached hydrogens (tertiary/aromatic N) is 1. The third-order valence-electron chi connectivity index (χ3n) is 3.26. The Hall–Kier alpha value is -0.820. The summed E-state index contributed by atoms with van der Waals surface area (Å²) in [6.45, 7) is 5.89. The molecule has 2 atom stereocenters. The van der Waals surface area contributed by atoms with Gasteiger partial charge >= 0.3 is 0 Å². The van der Waals surface area contributed by atoms with Crippen molar-refractivity contribution in [3.63, 3.8) is 0 Å². The van der Waals surface area contributed by atoms with E-state index in [0.29, 0.717) is 12.5 Å². The van der Waals surface area contributed by atoms with Crippen LogP contribution in [0.2, 0.25) is 0 Å². The molecule has 21 heavy (non-hydrogen) atoms. The van der Waals surface area contributed by atoms with Crippen molar-refractivity contribution in [2.45, 2.75) is 32.2 Å². The predicted octanol–water partition coefficient (Wildman–Crippen LogP) is 3.00. The van der Waals surface area contributed by atoms with E-state index in [2.05, 4.69) is 59.8 Å². The zero-order valence-corrected chi connectivity index (χ0v) is 15.8. The molecule has 2 unspecified atom stereocenters. The highest BCUT2D eigenvalue weighted by Gasteiger charge is 2.07. The van der Waals surface area contributed by atoms with E-state index in [0.717, 1.165) is 18.9 Å². The maximum Gasteiger partial charge on any atom is 0.191 e. The van der Waals surface area contributed by atoms with Crippen molar-refractivity contribution in [1.82, 2.24) is 10.6 Å². The van der Waals surface area contributed by atoms with Crippen molar-refractivity contribution >= 4 is 29.9 Å². The number of aliphatic imine (C=N–C) groups is 1. The first kappa shape index (κ1) is 20.2. The Morgan fingerprint density at radius 1 is 1.24 bits per heavy atom. The Labute approximate surface area is 145 Å². The Bertz CT molecular complexity index is 398. The number of benzene rings is 1. The molecule has 120 valence electrons. The molecule has 0 bridgehead atoms. The summed E-state index contributed by atoms with van der Waals surface area (Å²) in [7, 11) is 3.49. The van der Waals surface area contributed by atoms with Crippen LogP contribution in [0.4, 0.5) is 0 Å². The Morgan fingerprint density at radius 2 is 1.90 bits per heavy atom. The number of halogens is 1. The fourth-order valence-corrected chi connectivity index (χ4v) is 2.08. The molecule has 0 radical (unpaired) electrons. The average Bonchev–Trinajstić information content (AvgIpc) is 2.47. The zero-order chi connectivity index (χ0) is 14.8. The van der Waals surface area contributed by atoms with E-state index in [9.17, 15) is 0 Å². The lowest BCUT2D eigenvalue weighted by Gasteiger charge is -2.18. The fraction of sp³-hybridized carbons (Fsp3) is 0.562. The number of methoxy groups -OCH3 is 1. The normalized spacial score (nSPS) is 14.0. The van der Waals surface area contributed by atoms with Crippen LogP contribution >= 0.6 is 24.0 Å². The smallest absolute Gasteiger partial charge is 0.191 e. The number of guanidine groups is 1. The van der Waals surface area contributed by atoms with Gasteiger partial charge in [-0.2, -0.15) is 0 Å². The standard InChI is InChI=1S/C16H27N3O.HI/c1-13(15-8-6-5-7-9-15)10-11-18-16(17-3)19-14(2)12-20-4;/h5-9,13-14H,10-12H2,1-4H3,(H2,17,18,19);1H. The van der Waals surface area contributed by atoms with Crippen molar-refractivity contribution in [2.24, 2.45) is 4.99 Å². The first-order valence-electron chi connectivity index (χ1n) is 7.18. The second-order valence-corrected chi connectivity index (χ2v) is 5.10. The van der Waals surface area contributed by atoms with Crippen LogP contribution in [0, 0.1) is 0 Å². The molecular formula is C16H28IN3O. The van der Waals surface area contributed by atoms with E-state index in [1.807, 2.05) is 0 Å². The minimum atomic E-state index is 0. The van der Waals surface area contributed by atoms with Crippen LogP contribution in [0.1, 0.15) is 31.7 Å². The van der Waals surface area contributed by atoms with Crippen LogP contribution in [-0.2, 0) is 4.74 Å². The Morgan fingerprint density at radius 3 is 2.48 bits per heavy atom. The summed E-state index contributed by atoms with van der Waals surface area (Å²) in [5.41, 5.74) is 1.38. The molecule has 0 saturated heterocycles. The Kier molecular flexibility index (Phi) is 11.3. The van der Waals surface area contributed by atoms with Crippen LogP contribution in [0.5, 0.6) is 0 Å². The van der Waals surface area contributed by atoms with Crippen LogP contribution in [0.15, 0.2) is 35.3 Å². The Balaban J connectivity index is 0.00000400. The lowest BCUT2D eigenvalue weighted by Crippen LogP contribution is -2.44. The summed E-state index contributed by atoms with van der Waals surface area (Å²) >= 11 is 0. The van der Waals surface area contributed by atoms with Gasteiger partial charge in [-0.15, -0.1) is 24.0 Å². The molecule has 0 aromatic heterocycles. The van der Waals surface area contributed by atoms with Gasteiger partial charge in [0.2, 0.25) is 0 Å². The number of rotatable bonds is 7. The van der Waals surface area contributed by atoms with Crippen LogP contribution in [0.25, 0.3) is 0 Å². The molecule has 1 rings (SSSR count). The van der Waals surface area contributed by atoms with Gasteiger partial charge in [0.15, 0.2) is 5.96 Å². The van der Waals surface area contributed by atoms with E-state index in [4.69, 9.17) is 4.74 Å². The third-order valence-corrected chi connectivity index (χ3v) is 3.26. The van der Waals surface area contributed by atoms with Gasteiger partial charge in [-0.3, -0.25) is 4.99 Å². The summed E-state index contributed by atoms with van der Waals surface area (Å²) in [5, 5.41) is 6.64. The summed E-state index contributed by atoms with van der Waals surface area (Å²) in [6, 6.07) is 10.8. The molecule has 0 fully saturated rings. The van der Waals surface area contributed by atoms with Crippen molar-refractivity contribution in [2.75, 3.05) is 27.3 Å². The van der Waals surface area contributed by atoms with Crippen LogP contribution in [-0.4, -0.2) is 39.3 Å².